The Morgan fingerprint density at radius 3 is 2.48 bits per heavy atom. The predicted octanol–water partition coefficient (Wildman–Crippen LogP) is 1.80. The second-order valence-electron chi connectivity index (χ2n) is 4.50. The zero-order valence-corrected chi connectivity index (χ0v) is 12.1. The van der Waals surface area contributed by atoms with E-state index in [2.05, 4.69) is 5.32 Å². The van der Waals surface area contributed by atoms with Crippen molar-refractivity contribution in [2.24, 2.45) is 5.73 Å². The summed E-state index contributed by atoms with van der Waals surface area (Å²) in [4.78, 5) is 24.0. The monoisotopic (exact) mass is 304 g/mol. The van der Waals surface area contributed by atoms with Crippen molar-refractivity contribution in [3.63, 3.8) is 0 Å². The van der Waals surface area contributed by atoms with Crippen molar-refractivity contribution >= 4 is 23.2 Å². The normalized spacial score (nSPS) is 11.9. The van der Waals surface area contributed by atoms with E-state index in [0.717, 1.165) is 12.0 Å². The number of carboxylic acids is 1. The summed E-state index contributed by atoms with van der Waals surface area (Å²) in [6.07, 6.45) is 0.745. The zero-order chi connectivity index (χ0) is 15.2. The molecule has 2 rings (SSSR count). The van der Waals surface area contributed by atoms with Gasteiger partial charge in [0.1, 0.15) is 0 Å². The Bertz CT molecular complexity index is 608. The maximum absolute atomic E-state index is 12.1. The third-order valence-electron chi connectivity index (χ3n) is 3.00. The Balaban J connectivity index is 2.10. The molecule has 2 aromatic rings. The van der Waals surface area contributed by atoms with Crippen LogP contribution in [0.25, 0.3) is 0 Å². The Kier molecular flexibility index (Phi) is 5.08. The van der Waals surface area contributed by atoms with Crippen molar-refractivity contribution in [3.8, 4) is 0 Å². The lowest BCUT2D eigenvalue weighted by Gasteiger charge is -2.13. The summed E-state index contributed by atoms with van der Waals surface area (Å²) in [6.45, 7) is 0.547. The van der Waals surface area contributed by atoms with Gasteiger partial charge in [-0.15, -0.1) is 11.3 Å². The first-order chi connectivity index (χ1) is 10.1. The van der Waals surface area contributed by atoms with Crippen LogP contribution in [0.3, 0.4) is 0 Å². The lowest BCUT2D eigenvalue weighted by molar-refractivity contribution is -0.139. The molecule has 4 N–H and O–H groups in total. The van der Waals surface area contributed by atoms with Gasteiger partial charge in [-0.25, -0.2) is 4.79 Å². The van der Waals surface area contributed by atoms with Gasteiger partial charge in [-0.05, 0) is 42.1 Å². The Morgan fingerprint density at radius 1 is 1.24 bits per heavy atom. The summed E-state index contributed by atoms with van der Waals surface area (Å²) in [7, 11) is 0. The average Bonchev–Trinajstić information content (AvgIpc) is 2.99. The molecule has 5 nitrogen and oxygen atoms in total. The average molecular weight is 304 g/mol. The van der Waals surface area contributed by atoms with Crippen molar-refractivity contribution in [1.29, 1.82) is 0 Å². The fourth-order valence-corrected chi connectivity index (χ4v) is 2.68. The van der Waals surface area contributed by atoms with Crippen molar-refractivity contribution < 1.29 is 14.7 Å². The summed E-state index contributed by atoms with van der Waals surface area (Å²) < 4.78 is 0. The molecule has 1 atom stereocenters. The molecule has 6 heteroatoms. The molecule has 0 saturated carbocycles. The van der Waals surface area contributed by atoms with E-state index in [9.17, 15) is 14.7 Å². The minimum Gasteiger partial charge on any atom is -0.479 e. The van der Waals surface area contributed by atoms with Gasteiger partial charge in [-0.2, -0.15) is 0 Å². The maximum Gasteiger partial charge on any atom is 0.331 e. The van der Waals surface area contributed by atoms with Crippen LogP contribution in [0.15, 0.2) is 41.8 Å². The summed E-state index contributed by atoms with van der Waals surface area (Å²) in [5.74, 6) is -1.49. The molecule has 0 bridgehead atoms. The molecule has 1 heterocycles. The fourth-order valence-electron chi connectivity index (χ4n) is 1.91. The highest BCUT2D eigenvalue weighted by Gasteiger charge is 2.23. The number of rotatable bonds is 6. The molecule has 0 aliphatic carbocycles. The SMILES string of the molecule is NCCc1ccc(C(=O)NC(C(=O)O)c2cccs2)cc1. The van der Waals surface area contributed by atoms with Crippen LogP contribution < -0.4 is 11.1 Å². The van der Waals surface area contributed by atoms with Crippen molar-refractivity contribution in [1.82, 2.24) is 5.32 Å². The number of carbonyl (C=O) groups is 2. The summed E-state index contributed by atoms with van der Waals surface area (Å²) in [5, 5.41) is 13.5. The minimum absolute atomic E-state index is 0.407. The number of aliphatic carboxylic acids is 1. The highest BCUT2D eigenvalue weighted by molar-refractivity contribution is 7.10. The molecule has 0 aliphatic rings. The van der Waals surface area contributed by atoms with Crippen LogP contribution in [0.5, 0.6) is 0 Å². The topological polar surface area (TPSA) is 92.4 Å². The lowest BCUT2D eigenvalue weighted by atomic mass is 10.1. The van der Waals surface area contributed by atoms with Crippen LogP contribution in [-0.2, 0) is 11.2 Å². The number of carboxylic acid groups (broad SMARTS) is 1. The van der Waals surface area contributed by atoms with Gasteiger partial charge in [0, 0.05) is 10.4 Å². The highest BCUT2D eigenvalue weighted by atomic mass is 32.1. The number of carbonyl (C=O) groups excluding carboxylic acids is 1. The molecule has 1 amide bonds. The third kappa shape index (κ3) is 3.90. The second-order valence-corrected chi connectivity index (χ2v) is 5.48. The fraction of sp³-hybridized carbons (Fsp3) is 0.200. The Hall–Kier alpha value is -2.18. The van der Waals surface area contributed by atoms with E-state index < -0.39 is 17.9 Å². The van der Waals surface area contributed by atoms with Gasteiger partial charge in [-0.1, -0.05) is 18.2 Å². The van der Waals surface area contributed by atoms with Gasteiger partial charge in [-0.3, -0.25) is 4.79 Å². The smallest absolute Gasteiger partial charge is 0.331 e. The molecule has 0 spiro atoms. The summed E-state index contributed by atoms with van der Waals surface area (Å²) in [6, 6.07) is 9.41. The largest absolute Gasteiger partial charge is 0.479 e. The maximum atomic E-state index is 12.1. The minimum atomic E-state index is -1.08. The quantitative estimate of drug-likeness (QED) is 0.759. The molecular weight excluding hydrogens is 288 g/mol. The van der Waals surface area contributed by atoms with Gasteiger partial charge < -0.3 is 16.2 Å². The first-order valence-corrected chi connectivity index (χ1v) is 7.36. The van der Waals surface area contributed by atoms with Gasteiger partial charge in [0.05, 0.1) is 0 Å². The molecule has 0 saturated heterocycles. The van der Waals surface area contributed by atoms with E-state index >= 15 is 0 Å². The van der Waals surface area contributed by atoms with Gasteiger partial charge in [0.15, 0.2) is 6.04 Å². The molecular formula is C15H16N2O3S. The van der Waals surface area contributed by atoms with Crippen LogP contribution in [0, 0.1) is 0 Å². The molecule has 1 aromatic heterocycles. The van der Waals surface area contributed by atoms with Crippen molar-refractivity contribution in [2.75, 3.05) is 6.54 Å². The van der Waals surface area contributed by atoms with E-state index in [1.165, 1.54) is 11.3 Å². The number of nitrogens with two attached hydrogens (primary N) is 1. The molecule has 110 valence electrons. The Morgan fingerprint density at radius 2 is 1.95 bits per heavy atom. The molecule has 21 heavy (non-hydrogen) atoms. The molecule has 1 aromatic carbocycles. The molecule has 1 unspecified atom stereocenters. The highest BCUT2D eigenvalue weighted by Crippen LogP contribution is 2.19. The van der Waals surface area contributed by atoms with Crippen LogP contribution in [0.2, 0.25) is 0 Å². The third-order valence-corrected chi connectivity index (χ3v) is 3.94. The first-order valence-electron chi connectivity index (χ1n) is 6.48. The van der Waals surface area contributed by atoms with Crippen LogP contribution in [0.1, 0.15) is 26.8 Å². The summed E-state index contributed by atoms with van der Waals surface area (Å²) >= 11 is 1.30. The number of benzene rings is 1. The Labute approximate surface area is 126 Å². The van der Waals surface area contributed by atoms with E-state index in [-0.39, 0.29) is 0 Å². The molecule has 0 fully saturated rings. The number of amides is 1. The van der Waals surface area contributed by atoms with Crippen LogP contribution in [-0.4, -0.2) is 23.5 Å². The van der Waals surface area contributed by atoms with E-state index in [4.69, 9.17) is 5.73 Å². The first kappa shape index (κ1) is 15.2. The van der Waals surface area contributed by atoms with Crippen LogP contribution >= 0.6 is 11.3 Å². The lowest BCUT2D eigenvalue weighted by Crippen LogP contribution is -2.33. The van der Waals surface area contributed by atoms with Crippen molar-refractivity contribution in [3.05, 3.63) is 57.8 Å². The van der Waals surface area contributed by atoms with E-state index in [0.29, 0.717) is 17.0 Å². The van der Waals surface area contributed by atoms with Gasteiger partial charge in [0.2, 0.25) is 0 Å². The predicted molar refractivity (Wildman–Crippen MR) is 81.4 cm³/mol. The zero-order valence-electron chi connectivity index (χ0n) is 11.3. The van der Waals surface area contributed by atoms with Crippen molar-refractivity contribution in [2.45, 2.75) is 12.5 Å². The number of hydrogen-bond acceptors (Lipinski definition) is 4. The summed E-state index contributed by atoms with van der Waals surface area (Å²) in [5.41, 5.74) is 6.94. The van der Waals surface area contributed by atoms with Gasteiger partial charge in [0.25, 0.3) is 5.91 Å². The number of nitrogens with one attached hydrogen (secondary N) is 1. The standard InChI is InChI=1S/C15H16N2O3S/c16-8-7-10-3-5-11(6-4-10)14(18)17-13(15(19)20)12-2-1-9-21-12/h1-6,9,13H,7-8,16H2,(H,17,18)(H,19,20). The second kappa shape index (κ2) is 7.01. The molecule has 0 radical (unpaired) electrons. The van der Waals surface area contributed by atoms with Crippen LogP contribution in [0.4, 0.5) is 0 Å². The van der Waals surface area contributed by atoms with Gasteiger partial charge >= 0.3 is 5.97 Å². The van der Waals surface area contributed by atoms with E-state index in [1.54, 1.807) is 29.6 Å². The molecule has 0 aliphatic heterocycles. The number of hydrogen-bond donors (Lipinski definition) is 3. The van der Waals surface area contributed by atoms with E-state index in [1.807, 2.05) is 12.1 Å². The number of thiophene rings is 1.